The van der Waals surface area contributed by atoms with Crippen molar-refractivity contribution in [3.8, 4) is 0 Å². The standard InChI is InChI=1S/C18H30N4O.ClH/c1-13-4-3-5-14(8-13)6-7-20-18(23)17-11-19-10-16(17)15-9-21-22(2)12-15;/h9,12-14,16-17,19H,3-8,10-11H2,1-2H3,(H,20,23);1H/t13?,14?,16-,17+;/m1./s1. The number of aryl methyl sites for hydroxylation is 1. The van der Waals surface area contributed by atoms with E-state index in [-0.39, 0.29) is 30.2 Å². The Labute approximate surface area is 151 Å². The van der Waals surface area contributed by atoms with Gasteiger partial charge < -0.3 is 10.6 Å². The smallest absolute Gasteiger partial charge is 0.225 e. The summed E-state index contributed by atoms with van der Waals surface area (Å²) in [6, 6.07) is 0. The maximum absolute atomic E-state index is 12.6. The number of amides is 1. The highest BCUT2D eigenvalue weighted by molar-refractivity contribution is 5.85. The molecule has 1 aliphatic heterocycles. The first-order valence-corrected chi connectivity index (χ1v) is 9.10. The molecule has 2 N–H and O–H groups in total. The van der Waals surface area contributed by atoms with Crippen LogP contribution in [0.3, 0.4) is 0 Å². The summed E-state index contributed by atoms with van der Waals surface area (Å²) in [7, 11) is 1.92. The van der Waals surface area contributed by atoms with Crippen molar-refractivity contribution < 1.29 is 4.79 Å². The van der Waals surface area contributed by atoms with Gasteiger partial charge in [0.25, 0.3) is 0 Å². The average Bonchev–Trinajstić information content (AvgIpc) is 3.15. The molecule has 0 radical (unpaired) electrons. The topological polar surface area (TPSA) is 59.0 Å². The van der Waals surface area contributed by atoms with Gasteiger partial charge in [-0.3, -0.25) is 9.48 Å². The molecule has 1 saturated carbocycles. The van der Waals surface area contributed by atoms with Gasteiger partial charge in [-0.15, -0.1) is 12.4 Å². The van der Waals surface area contributed by atoms with Crippen molar-refractivity contribution in [1.82, 2.24) is 20.4 Å². The quantitative estimate of drug-likeness (QED) is 0.854. The second kappa shape index (κ2) is 8.86. The van der Waals surface area contributed by atoms with Crippen LogP contribution in [0.25, 0.3) is 0 Å². The van der Waals surface area contributed by atoms with Gasteiger partial charge in [0.2, 0.25) is 5.91 Å². The summed E-state index contributed by atoms with van der Waals surface area (Å²) in [5.74, 6) is 2.14. The van der Waals surface area contributed by atoms with Gasteiger partial charge in [0.1, 0.15) is 0 Å². The minimum atomic E-state index is 0. The zero-order chi connectivity index (χ0) is 16.2. The highest BCUT2D eigenvalue weighted by Crippen LogP contribution is 2.31. The van der Waals surface area contributed by atoms with Gasteiger partial charge in [0, 0.05) is 38.8 Å². The molecule has 0 bridgehead atoms. The van der Waals surface area contributed by atoms with Crippen molar-refractivity contribution in [2.45, 2.75) is 44.9 Å². The molecule has 2 unspecified atom stereocenters. The Bertz CT molecular complexity index is 533. The van der Waals surface area contributed by atoms with Crippen LogP contribution < -0.4 is 10.6 Å². The molecule has 136 valence electrons. The van der Waals surface area contributed by atoms with Gasteiger partial charge in [-0.05, 0) is 30.2 Å². The third-order valence-corrected chi connectivity index (χ3v) is 5.60. The third kappa shape index (κ3) is 4.73. The molecule has 3 rings (SSSR count). The number of nitrogens with one attached hydrogen (secondary N) is 2. The average molecular weight is 355 g/mol. The molecule has 1 aromatic heterocycles. The fourth-order valence-electron chi connectivity index (χ4n) is 4.29. The number of halogens is 1. The Morgan fingerprint density at radius 2 is 2.25 bits per heavy atom. The number of nitrogens with zero attached hydrogens (tertiary/aromatic N) is 2. The fourth-order valence-corrected chi connectivity index (χ4v) is 4.29. The van der Waals surface area contributed by atoms with E-state index in [0.29, 0.717) is 0 Å². The van der Waals surface area contributed by atoms with E-state index >= 15 is 0 Å². The molecule has 0 aromatic carbocycles. The lowest BCUT2D eigenvalue weighted by Gasteiger charge is -2.27. The molecule has 1 amide bonds. The largest absolute Gasteiger partial charge is 0.356 e. The lowest BCUT2D eigenvalue weighted by molar-refractivity contribution is -0.124. The summed E-state index contributed by atoms with van der Waals surface area (Å²) in [6.07, 6.45) is 10.5. The van der Waals surface area contributed by atoms with E-state index in [1.165, 1.54) is 31.2 Å². The SMILES string of the molecule is CC1CCCC(CCNC(=O)[C@H]2CNC[C@@H]2c2cnn(C)c2)C1.Cl. The maximum Gasteiger partial charge on any atom is 0.225 e. The van der Waals surface area contributed by atoms with Crippen molar-refractivity contribution in [2.24, 2.45) is 24.8 Å². The lowest BCUT2D eigenvalue weighted by Crippen LogP contribution is -2.35. The zero-order valence-corrected chi connectivity index (χ0v) is 15.6. The number of hydrogen-bond donors (Lipinski definition) is 2. The summed E-state index contributed by atoms with van der Waals surface area (Å²) in [6.45, 7) is 4.82. The van der Waals surface area contributed by atoms with Crippen LogP contribution >= 0.6 is 12.4 Å². The van der Waals surface area contributed by atoms with E-state index in [2.05, 4.69) is 22.7 Å². The molecule has 4 atom stereocenters. The molecule has 5 nitrogen and oxygen atoms in total. The first-order chi connectivity index (χ1) is 11.1. The zero-order valence-electron chi connectivity index (χ0n) is 14.8. The number of carbonyl (C=O) groups excluding carboxylic acids is 1. The van der Waals surface area contributed by atoms with Crippen molar-refractivity contribution >= 4 is 18.3 Å². The van der Waals surface area contributed by atoms with Crippen LogP contribution in [0.5, 0.6) is 0 Å². The summed E-state index contributed by atoms with van der Waals surface area (Å²) < 4.78 is 1.81. The lowest BCUT2D eigenvalue weighted by atomic mass is 9.81. The molecule has 2 aliphatic rings. The summed E-state index contributed by atoms with van der Waals surface area (Å²) in [5, 5.41) is 10.8. The third-order valence-electron chi connectivity index (χ3n) is 5.60. The van der Waals surface area contributed by atoms with E-state index in [0.717, 1.165) is 37.9 Å². The number of hydrogen-bond acceptors (Lipinski definition) is 3. The summed E-state index contributed by atoms with van der Waals surface area (Å²) in [4.78, 5) is 12.6. The highest BCUT2D eigenvalue weighted by atomic mass is 35.5. The van der Waals surface area contributed by atoms with Crippen LogP contribution in [0.2, 0.25) is 0 Å². The Morgan fingerprint density at radius 3 is 2.96 bits per heavy atom. The normalized spacial score (nSPS) is 29.9. The first kappa shape index (κ1) is 19.3. The van der Waals surface area contributed by atoms with E-state index in [4.69, 9.17) is 0 Å². The van der Waals surface area contributed by atoms with Crippen molar-refractivity contribution in [2.75, 3.05) is 19.6 Å². The molecule has 2 heterocycles. The first-order valence-electron chi connectivity index (χ1n) is 9.10. The molecular formula is C18H31ClN4O. The van der Waals surface area contributed by atoms with Gasteiger partial charge in [0.15, 0.2) is 0 Å². The highest BCUT2D eigenvalue weighted by Gasteiger charge is 2.34. The Hall–Kier alpha value is -1.07. The summed E-state index contributed by atoms with van der Waals surface area (Å²) >= 11 is 0. The van der Waals surface area contributed by atoms with Gasteiger partial charge in [-0.2, -0.15) is 5.10 Å². The van der Waals surface area contributed by atoms with Crippen LogP contribution in [0.1, 0.15) is 50.5 Å². The van der Waals surface area contributed by atoms with E-state index in [1.807, 2.05) is 24.1 Å². The predicted molar refractivity (Wildman–Crippen MR) is 98.3 cm³/mol. The maximum atomic E-state index is 12.6. The van der Waals surface area contributed by atoms with Crippen LogP contribution in [-0.4, -0.2) is 35.3 Å². The molecule has 6 heteroatoms. The molecular weight excluding hydrogens is 324 g/mol. The second-order valence-electron chi connectivity index (χ2n) is 7.54. The van der Waals surface area contributed by atoms with E-state index in [9.17, 15) is 4.79 Å². The van der Waals surface area contributed by atoms with Gasteiger partial charge in [0.05, 0.1) is 12.1 Å². The van der Waals surface area contributed by atoms with Gasteiger partial charge in [-0.1, -0.05) is 26.2 Å². The number of aromatic nitrogens is 2. The fraction of sp³-hybridized carbons (Fsp3) is 0.778. The minimum Gasteiger partial charge on any atom is -0.356 e. The monoisotopic (exact) mass is 354 g/mol. The van der Waals surface area contributed by atoms with Crippen LogP contribution in [0.15, 0.2) is 12.4 Å². The van der Waals surface area contributed by atoms with Crippen LogP contribution in [-0.2, 0) is 11.8 Å². The Balaban J connectivity index is 0.00000208. The number of carbonyl (C=O) groups is 1. The van der Waals surface area contributed by atoms with E-state index < -0.39 is 0 Å². The molecule has 2 fully saturated rings. The van der Waals surface area contributed by atoms with E-state index in [1.54, 1.807) is 0 Å². The summed E-state index contributed by atoms with van der Waals surface area (Å²) in [5.41, 5.74) is 1.17. The molecule has 24 heavy (non-hydrogen) atoms. The van der Waals surface area contributed by atoms with Crippen LogP contribution in [0, 0.1) is 17.8 Å². The Kier molecular flexibility index (Phi) is 7.11. The van der Waals surface area contributed by atoms with Gasteiger partial charge >= 0.3 is 0 Å². The minimum absolute atomic E-state index is 0. The molecule has 1 aromatic rings. The van der Waals surface area contributed by atoms with Gasteiger partial charge in [-0.25, -0.2) is 0 Å². The van der Waals surface area contributed by atoms with Crippen LogP contribution in [0.4, 0.5) is 0 Å². The molecule has 1 aliphatic carbocycles. The molecule has 0 spiro atoms. The number of rotatable bonds is 5. The predicted octanol–water partition coefficient (Wildman–Crippen LogP) is 2.48. The molecule has 1 saturated heterocycles. The van der Waals surface area contributed by atoms with Crippen molar-refractivity contribution in [1.29, 1.82) is 0 Å². The van der Waals surface area contributed by atoms with Crippen molar-refractivity contribution in [3.63, 3.8) is 0 Å². The second-order valence-corrected chi connectivity index (χ2v) is 7.54. The Morgan fingerprint density at radius 1 is 1.42 bits per heavy atom. The van der Waals surface area contributed by atoms with Crippen molar-refractivity contribution in [3.05, 3.63) is 18.0 Å².